The highest BCUT2D eigenvalue weighted by Crippen LogP contribution is 2.64. The molecule has 0 spiro atoms. The Balaban J connectivity index is 1.68. The van der Waals surface area contributed by atoms with Crippen molar-refractivity contribution in [2.24, 2.45) is 34.5 Å². The summed E-state index contributed by atoms with van der Waals surface area (Å²) in [5, 5.41) is 9.95. The maximum atomic E-state index is 12.4. The van der Waals surface area contributed by atoms with Crippen molar-refractivity contribution in [3.63, 3.8) is 0 Å². The number of ketones is 1. The number of fused-ring (bicyclic) bond motifs is 5. The molecule has 116 valence electrons. The Morgan fingerprint density at radius 1 is 1.14 bits per heavy atom. The minimum atomic E-state index is -0.235. The molecule has 21 heavy (non-hydrogen) atoms. The first-order chi connectivity index (χ1) is 9.95. The van der Waals surface area contributed by atoms with Crippen molar-refractivity contribution in [3.8, 4) is 0 Å². The van der Waals surface area contributed by atoms with Crippen molar-refractivity contribution in [1.29, 1.82) is 0 Å². The molecule has 0 amide bonds. The van der Waals surface area contributed by atoms with Gasteiger partial charge in [-0.05, 0) is 67.6 Å². The number of hydrogen-bond donors (Lipinski definition) is 1. The molecule has 3 saturated carbocycles. The Morgan fingerprint density at radius 3 is 2.76 bits per heavy atom. The number of allylic oxidation sites excluding steroid dienone is 1. The lowest BCUT2D eigenvalue weighted by atomic mass is 9.46. The van der Waals surface area contributed by atoms with E-state index in [9.17, 15) is 9.90 Å². The number of rotatable bonds is 0. The summed E-state index contributed by atoms with van der Waals surface area (Å²) < 4.78 is 0. The second kappa shape index (κ2) is 4.44. The van der Waals surface area contributed by atoms with Crippen molar-refractivity contribution in [1.82, 2.24) is 0 Å². The molecule has 7 atom stereocenters. The highest BCUT2D eigenvalue weighted by Gasteiger charge is 2.59. The molecule has 4 aliphatic carbocycles. The second-order valence-corrected chi connectivity index (χ2v) is 8.60. The molecule has 0 radical (unpaired) electrons. The van der Waals surface area contributed by atoms with Crippen LogP contribution in [0.15, 0.2) is 12.2 Å². The van der Waals surface area contributed by atoms with Crippen molar-refractivity contribution < 1.29 is 9.90 Å². The summed E-state index contributed by atoms with van der Waals surface area (Å²) in [5.74, 6) is 3.26. The van der Waals surface area contributed by atoms with Crippen LogP contribution in [0.3, 0.4) is 0 Å². The smallest absolute Gasteiger partial charge is 0.139 e. The largest absolute Gasteiger partial charge is 0.389 e. The van der Waals surface area contributed by atoms with Crippen molar-refractivity contribution in [2.45, 2.75) is 64.9 Å². The van der Waals surface area contributed by atoms with Crippen LogP contribution in [0.2, 0.25) is 0 Å². The van der Waals surface area contributed by atoms with Gasteiger partial charge in [0.1, 0.15) is 5.78 Å². The third-order valence-corrected chi connectivity index (χ3v) is 7.88. The lowest BCUT2D eigenvalue weighted by Gasteiger charge is -2.58. The summed E-state index contributed by atoms with van der Waals surface area (Å²) in [7, 11) is 0. The van der Waals surface area contributed by atoms with Crippen LogP contribution >= 0.6 is 0 Å². The van der Waals surface area contributed by atoms with E-state index in [0.717, 1.165) is 37.5 Å². The summed E-state index contributed by atoms with van der Waals surface area (Å²) >= 11 is 0. The summed E-state index contributed by atoms with van der Waals surface area (Å²) in [6, 6.07) is 0. The molecule has 0 unspecified atom stereocenters. The van der Waals surface area contributed by atoms with E-state index in [1.54, 1.807) is 0 Å². The van der Waals surface area contributed by atoms with Gasteiger partial charge in [0.15, 0.2) is 0 Å². The van der Waals surface area contributed by atoms with Crippen LogP contribution in [0, 0.1) is 34.5 Å². The molecular weight excluding hydrogens is 260 g/mol. The topological polar surface area (TPSA) is 37.3 Å². The van der Waals surface area contributed by atoms with Gasteiger partial charge in [-0.3, -0.25) is 4.79 Å². The number of Topliss-reactive ketones (excluding diaryl/α,β-unsaturated/α-hetero) is 1. The van der Waals surface area contributed by atoms with E-state index in [4.69, 9.17) is 0 Å². The van der Waals surface area contributed by atoms with E-state index in [2.05, 4.69) is 19.9 Å². The van der Waals surface area contributed by atoms with Crippen molar-refractivity contribution in [3.05, 3.63) is 12.2 Å². The van der Waals surface area contributed by atoms with Gasteiger partial charge in [0.25, 0.3) is 0 Å². The lowest BCUT2D eigenvalue weighted by molar-refractivity contribution is -0.134. The van der Waals surface area contributed by atoms with Crippen LogP contribution in [-0.2, 0) is 4.79 Å². The third kappa shape index (κ3) is 1.78. The highest BCUT2D eigenvalue weighted by molar-refractivity contribution is 5.87. The fourth-order valence-electron chi connectivity index (χ4n) is 6.56. The average Bonchev–Trinajstić information content (AvgIpc) is 2.76. The van der Waals surface area contributed by atoms with E-state index in [-0.39, 0.29) is 16.9 Å². The minimum Gasteiger partial charge on any atom is -0.389 e. The minimum absolute atomic E-state index is 0.0116. The van der Waals surface area contributed by atoms with E-state index >= 15 is 0 Å². The fraction of sp³-hybridized carbons (Fsp3) is 0.842. The first-order valence-corrected chi connectivity index (χ1v) is 8.86. The van der Waals surface area contributed by atoms with Gasteiger partial charge in [-0.2, -0.15) is 0 Å². The molecule has 2 nitrogen and oxygen atoms in total. The van der Waals surface area contributed by atoms with Gasteiger partial charge in [0, 0.05) is 11.8 Å². The normalized spacial score (nSPS) is 55.8. The zero-order valence-corrected chi connectivity index (χ0v) is 13.3. The predicted octanol–water partition coefficient (Wildman–Crippen LogP) is 3.74. The fourth-order valence-corrected chi connectivity index (χ4v) is 6.56. The zero-order valence-electron chi connectivity index (χ0n) is 13.3. The summed E-state index contributed by atoms with van der Waals surface area (Å²) in [6.07, 6.45) is 11.8. The summed E-state index contributed by atoms with van der Waals surface area (Å²) in [4.78, 5) is 12.4. The summed E-state index contributed by atoms with van der Waals surface area (Å²) in [5.41, 5.74) is 0.247. The van der Waals surface area contributed by atoms with Crippen molar-refractivity contribution >= 4 is 5.78 Å². The first kappa shape index (κ1) is 14.0. The number of hydrogen-bond acceptors (Lipinski definition) is 2. The Labute approximate surface area is 128 Å². The van der Waals surface area contributed by atoms with Gasteiger partial charge < -0.3 is 5.11 Å². The van der Waals surface area contributed by atoms with E-state index in [1.807, 2.05) is 6.08 Å². The van der Waals surface area contributed by atoms with Gasteiger partial charge in [-0.15, -0.1) is 0 Å². The lowest BCUT2D eigenvalue weighted by Crippen LogP contribution is -2.52. The van der Waals surface area contributed by atoms with Gasteiger partial charge in [0.05, 0.1) is 6.10 Å². The number of carbonyl (C=O) groups is 1. The quantitative estimate of drug-likeness (QED) is 0.690. The van der Waals surface area contributed by atoms with Crippen LogP contribution in [0.1, 0.15) is 58.8 Å². The molecule has 0 heterocycles. The Morgan fingerprint density at radius 2 is 1.95 bits per heavy atom. The Kier molecular flexibility index (Phi) is 2.96. The highest BCUT2D eigenvalue weighted by atomic mass is 16.3. The van der Waals surface area contributed by atoms with E-state index in [1.165, 1.54) is 19.3 Å². The van der Waals surface area contributed by atoms with Gasteiger partial charge in [-0.25, -0.2) is 0 Å². The molecule has 2 heteroatoms. The molecule has 1 N–H and O–H groups in total. The summed E-state index contributed by atoms with van der Waals surface area (Å²) in [6.45, 7) is 4.68. The predicted molar refractivity (Wildman–Crippen MR) is 82.6 cm³/mol. The van der Waals surface area contributed by atoms with Gasteiger partial charge in [0.2, 0.25) is 0 Å². The molecule has 0 saturated heterocycles. The monoisotopic (exact) mass is 288 g/mol. The molecule has 0 aromatic heterocycles. The third-order valence-electron chi connectivity index (χ3n) is 7.88. The number of aliphatic hydroxyl groups excluding tert-OH is 1. The molecule has 0 aliphatic heterocycles. The molecule has 3 fully saturated rings. The Hall–Kier alpha value is -0.630. The van der Waals surface area contributed by atoms with E-state index in [0.29, 0.717) is 17.6 Å². The maximum Gasteiger partial charge on any atom is 0.139 e. The van der Waals surface area contributed by atoms with Gasteiger partial charge >= 0.3 is 0 Å². The first-order valence-electron chi connectivity index (χ1n) is 8.86. The maximum absolute atomic E-state index is 12.4. The van der Waals surface area contributed by atoms with Crippen LogP contribution in [0.25, 0.3) is 0 Å². The molecule has 4 aliphatic rings. The van der Waals surface area contributed by atoms with Crippen LogP contribution < -0.4 is 0 Å². The number of aliphatic hydroxyl groups is 1. The van der Waals surface area contributed by atoms with Crippen LogP contribution in [-0.4, -0.2) is 17.0 Å². The van der Waals surface area contributed by atoms with E-state index < -0.39 is 0 Å². The van der Waals surface area contributed by atoms with Crippen molar-refractivity contribution in [2.75, 3.05) is 0 Å². The Bertz CT molecular complexity index is 496. The second-order valence-electron chi connectivity index (χ2n) is 8.60. The SMILES string of the molecule is C[C@]12C=C[C@H](O)C[C@@H]1CC[C@H]1[C@H]2CC[C@]2(C)C(=O)CC[C@H]12. The number of carbonyl (C=O) groups excluding carboxylic acids is 1. The molecule has 0 aromatic carbocycles. The van der Waals surface area contributed by atoms with Crippen LogP contribution in [0.4, 0.5) is 0 Å². The zero-order chi connectivity index (χ0) is 14.8. The molecule has 0 bridgehead atoms. The standard InChI is InChI=1S/C19H28O2/c1-18-9-7-13(20)11-12(18)3-4-14-15-5-6-17(21)19(15,2)10-8-16(14)18/h7,9,12-16,20H,3-6,8,10-11H2,1-2H3/t12-,13-,14+,15+,16+,18-,19-/m0/s1. The average molecular weight is 288 g/mol. The molecular formula is C19H28O2. The molecule has 0 aromatic rings. The molecule has 4 rings (SSSR count). The van der Waals surface area contributed by atoms with Crippen LogP contribution in [0.5, 0.6) is 0 Å². The van der Waals surface area contributed by atoms with Gasteiger partial charge in [-0.1, -0.05) is 26.0 Å².